The summed E-state index contributed by atoms with van der Waals surface area (Å²) < 4.78 is 1.81. The van der Waals surface area contributed by atoms with E-state index in [2.05, 4.69) is 5.10 Å². The molecule has 0 saturated carbocycles. The van der Waals surface area contributed by atoms with Crippen LogP contribution in [0.3, 0.4) is 0 Å². The molecule has 0 bridgehead atoms. The number of benzene rings is 2. The standard InChI is InChI=1S/C19H18N2O2/c1-14-7-9-15(10-8-14)19-16(11-12-18(22)23)13-21(20-19)17-5-3-2-4-6-17/h2-10,13H,11-12H2,1H3,(H,22,23). The Kier molecular flexibility index (Phi) is 4.24. The van der Waals surface area contributed by atoms with Crippen LogP contribution < -0.4 is 0 Å². The van der Waals surface area contributed by atoms with Crippen LogP contribution in [0.5, 0.6) is 0 Å². The maximum Gasteiger partial charge on any atom is 0.303 e. The summed E-state index contributed by atoms with van der Waals surface area (Å²) in [5.74, 6) is -0.799. The minimum absolute atomic E-state index is 0.0966. The van der Waals surface area contributed by atoms with Gasteiger partial charge in [-0.1, -0.05) is 48.0 Å². The van der Waals surface area contributed by atoms with Gasteiger partial charge in [-0.2, -0.15) is 5.10 Å². The van der Waals surface area contributed by atoms with Crippen molar-refractivity contribution in [2.45, 2.75) is 19.8 Å². The predicted octanol–water partition coefficient (Wildman–Crippen LogP) is 3.86. The van der Waals surface area contributed by atoms with Crippen LogP contribution in [0.15, 0.2) is 60.8 Å². The summed E-state index contributed by atoms with van der Waals surface area (Å²) in [5, 5.41) is 13.7. The van der Waals surface area contributed by atoms with E-state index in [1.165, 1.54) is 5.56 Å². The number of rotatable bonds is 5. The Morgan fingerprint density at radius 1 is 1.09 bits per heavy atom. The Hall–Kier alpha value is -2.88. The smallest absolute Gasteiger partial charge is 0.303 e. The van der Waals surface area contributed by atoms with E-state index in [9.17, 15) is 4.79 Å². The summed E-state index contributed by atoms with van der Waals surface area (Å²) in [4.78, 5) is 10.9. The van der Waals surface area contributed by atoms with E-state index in [-0.39, 0.29) is 6.42 Å². The summed E-state index contributed by atoms with van der Waals surface area (Å²) in [5.41, 5.74) is 4.94. The van der Waals surface area contributed by atoms with E-state index < -0.39 is 5.97 Å². The number of carbonyl (C=O) groups is 1. The van der Waals surface area contributed by atoms with Gasteiger partial charge in [-0.15, -0.1) is 0 Å². The highest BCUT2D eigenvalue weighted by Gasteiger charge is 2.13. The third-order valence-electron chi connectivity index (χ3n) is 3.74. The Morgan fingerprint density at radius 2 is 1.78 bits per heavy atom. The van der Waals surface area contributed by atoms with E-state index in [0.29, 0.717) is 6.42 Å². The molecular weight excluding hydrogens is 288 g/mol. The molecule has 4 heteroatoms. The van der Waals surface area contributed by atoms with Gasteiger partial charge in [0.2, 0.25) is 0 Å². The summed E-state index contributed by atoms with van der Waals surface area (Å²) in [6, 6.07) is 18.0. The molecule has 3 rings (SSSR count). The van der Waals surface area contributed by atoms with Gasteiger partial charge in [0.15, 0.2) is 0 Å². The molecule has 2 aromatic carbocycles. The highest BCUT2D eigenvalue weighted by Crippen LogP contribution is 2.25. The molecule has 0 saturated heterocycles. The number of aromatic nitrogens is 2. The molecule has 0 unspecified atom stereocenters. The van der Waals surface area contributed by atoms with Crippen LogP contribution in [0.4, 0.5) is 0 Å². The van der Waals surface area contributed by atoms with Crippen molar-refractivity contribution < 1.29 is 9.90 Å². The van der Waals surface area contributed by atoms with Crippen LogP contribution in [0, 0.1) is 6.92 Å². The maximum atomic E-state index is 10.9. The maximum absolute atomic E-state index is 10.9. The van der Waals surface area contributed by atoms with Crippen molar-refractivity contribution in [1.82, 2.24) is 9.78 Å². The van der Waals surface area contributed by atoms with Crippen molar-refractivity contribution in [1.29, 1.82) is 0 Å². The lowest BCUT2D eigenvalue weighted by molar-refractivity contribution is -0.136. The first-order chi connectivity index (χ1) is 11.1. The molecular formula is C19H18N2O2. The summed E-state index contributed by atoms with van der Waals surface area (Å²) >= 11 is 0. The molecule has 0 radical (unpaired) electrons. The fraction of sp³-hybridized carbons (Fsp3) is 0.158. The van der Waals surface area contributed by atoms with Gasteiger partial charge in [0.25, 0.3) is 0 Å². The predicted molar refractivity (Wildman–Crippen MR) is 89.7 cm³/mol. The lowest BCUT2D eigenvalue weighted by Gasteiger charge is -2.02. The van der Waals surface area contributed by atoms with E-state index >= 15 is 0 Å². The molecule has 0 aliphatic carbocycles. The zero-order chi connectivity index (χ0) is 16.2. The molecule has 0 atom stereocenters. The lowest BCUT2D eigenvalue weighted by atomic mass is 10.0. The van der Waals surface area contributed by atoms with Crippen molar-refractivity contribution >= 4 is 5.97 Å². The fourth-order valence-corrected chi connectivity index (χ4v) is 2.50. The zero-order valence-electron chi connectivity index (χ0n) is 12.9. The monoisotopic (exact) mass is 306 g/mol. The largest absolute Gasteiger partial charge is 0.481 e. The van der Waals surface area contributed by atoms with Crippen LogP contribution in [-0.2, 0) is 11.2 Å². The zero-order valence-corrected chi connectivity index (χ0v) is 12.9. The van der Waals surface area contributed by atoms with Crippen molar-refractivity contribution in [3.8, 4) is 16.9 Å². The van der Waals surface area contributed by atoms with Gasteiger partial charge in [0.05, 0.1) is 11.4 Å². The van der Waals surface area contributed by atoms with Crippen LogP contribution in [0.25, 0.3) is 16.9 Å². The number of carboxylic acids is 1. The van der Waals surface area contributed by atoms with Gasteiger partial charge in [-0.05, 0) is 31.0 Å². The van der Waals surface area contributed by atoms with Gasteiger partial charge in [0, 0.05) is 18.2 Å². The van der Waals surface area contributed by atoms with Crippen molar-refractivity contribution in [2.75, 3.05) is 0 Å². The second-order valence-electron chi connectivity index (χ2n) is 5.54. The van der Waals surface area contributed by atoms with Crippen LogP contribution in [-0.4, -0.2) is 20.9 Å². The summed E-state index contributed by atoms with van der Waals surface area (Å²) in [6.07, 6.45) is 2.48. The molecule has 0 fully saturated rings. The van der Waals surface area contributed by atoms with E-state index in [0.717, 1.165) is 22.5 Å². The Bertz CT molecular complexity index is 805. The molecule has 0 aliphatic rings. The molecule has 4 nitrogen and oxygen atoms in total. The van der Waals surface area contributed by atoms with Gasteiger partial charge in [-0.3, -0.25) is 4.79 Å². The van der Waals surface area contributed by atoms with Crippen LogP contribution in [0.2, 0.25) is 0 Å². The number of nitrogens with zero attached hydrogens (tertiary/aromatic N) is 2. The van der Waals surface area contributed by atoms with Crippen molar-refractivity contribution in [3.05, 3.63) is 71.9 Å². The first kappa shape index (κ1) is 15.0. The number of aliphatic carboxylic acids is 1. The Labute approximate surface area is 135 Å². The number of hydrogen-bond acceptors (Lipinski definition) is 2. The van der Waals surface area contributed by atoms with E-state index in [1.54, 1.807) is 0 Å². The molecule has 1 N–H and O–H groups in total. The van der Waals surface area contributed by atoms with Gasteiger partial charge < -0.3 is 5.11 Å². The molecule has 0 spiro atoms. The van der Waals surface area contributed by atoms with Gasteiger partial charge in [0.1, 0.15) is 0 Å². The highest BCUT2D eigenvalue weighted by atomic mass is 16.4. The number of hydrogen-bond donors (Lipinski definition) is 1. The number of para-hydroxylation sites is 1. The minimum atomic E-state index is -0.799. The molecule has 0 amide bonds. The second kappa shape index (κ2) is 6.48. The van der Waals surface area contributed by atoms with E-state index in [1.807, 2.05) is 72.4 Å². The average Bonchev–Trinajstić information content (AvgIpc) is 2.99. The number of carboxylic acid groups (broad SMARTS) is 1. The van der Waals surface area contributed by atoms with Crippen molar-refractivity contribution in [2.24, 2.45) is 0 Å². The molecule has 1 aromatic heterocycles. The first-order valence-electron chi connectivity index (χ1n) is 7.56. The fourth-order valence-electron chi connectivity index (χ4n) is 2.50. The first-order valence-corrected chi connectivity index (χ1v) is 7.56. The summed E-state index contributed by atoms with van der Waals surface area (Å²) in [6.45, 7) is 2.04. The number of aryl methyl sites for hydroxylation is 2. The van der Waals surface area contributed by atoms with Crippen LogP contribution >= 0.6 is 0 Å². The third-order valence-corrected chi connectivity index (χ3v) is 3.74. The van der Waals surface area contributed by atoms with E-state index in [4.69, 9.17) is 5.11 Å². The third kappa shape index (κ3) is 3.48. The summed E-state index contributed by atoms with van der Waals surface area (Å²) in [7, 11) is 0. The molecule has 23 heavy (non-hydrogen) atoms. The lowest BCUT2D eigenvalue weighted by Crippen LogP contribution is -1.97. The second-order valence-corrected chi connectivity index (χ2v) is 5.54. The highest BCUT2D eigenvalue weighted by molar-refractivity contribution is 5.69. The average molecular weight is 306 g/mol. The van der Waals surface area contributed by atoms with Gasteiger partial charge in [-0.25, -0.2) is 4.68 Å². The molecule has 1 heterocycles. The van der Waals surface area contributed by atoms with Crippen LogP contribution in [0.1, 0.15) is 17.5 Å². The normalized spacial score (nSPS) is 10.7. The topological polar surface area (TPSA) is 55.1 Å². The molecule has 3 aromatic rings. The van der Waals surface area contributed by atoms with Crippen molar-refractivity contribution in [3.63, 3.8) is 0 Å². The minimum Gasteiger partial charge on any atom is -0.481 e. The SMILES string of the molecule is Cc1ccc(-c2nn(-c3ccccc3)cc2CCC(=O)O)cc1. The molecule has 0 aliphatic heterocycles. The van der Waals surface area contributed by atoms with Gasteiger partial charge >= 0.3 is 5.97 Å². The molecule has 116 valence electrons. The quantitative estimate of drug-likeness (QED) is 0.778. The Morgan fingerprint density at radius 3 is 2.43 bits per heavy atom. The Balaban J connectivity index is 2.03.